The third kappa shape index (κ3) is 2.48. The number of likely N-dealkylation sites (tertiary alicyclic amines) is 1. The first kappa shape index (κ1) is 12.9. The van der Waals surface area contributed by atoms with E-state index in [9.17, 15) is 0 Å². The molecule has 19 heavy (non-hydrogen) atoms. The Morgan fingerprint density at radius 3 is 3.05 bits per heavy atom. The fraction of sp³-hybridized carbons (Fsp3) is 0.500. The van der Waals surface area contributed by atoms with Crippen molar-refractivity contribution in [2.45, 2.75) is 19.0 Å². The minimum absolute atomic E-state index is 0.615. The largest absolute Gasteiger partial charge is 0.330 e. The highest BCUT2D eigenvalue weighted by Crippen LogP contribution is 2.21. The Balaban J connectivity index is 1.83. The molecule has 1 saturated heterocycles. The number of aromatic nitrogens is 2. The van der Waals surface area contributed by atoms with E-state index in [2.05, 4.69) is 21.8 Å². The molecule has 1 aromatic carbocycles. The molecule has 0 bridgehead atoms. The average Bonchev–Trinajstić information content (AvgIpc) is 2.96. The highest BCUT2D eigenvalue weighted by molar-refractivity contribution is 6.31. The molecule has 102 valence electrons. The second-order valence-corrected chi connectivity index (χ2v) is 5.67. The highest BCUT2D eigenvalue weighted by Gasteiger charge is 2.22. The second-order valence-electron chi connectivity index (χ2n) is 5.23. The molecule has 5 heteroatoms. The van der Waals surface area contributed by atoms with Gasteiger partial charge in [-0.15, -0.1) is 0 Å². The van der Waals surface area contributed by atoms with Gasteiger partial charge >= 0.3 is 0 Å². The van der Waals surface area contributed by atoms with Gasteiger partial charge in [0.2, 0.25) is 0 Å². The first-order valence-electron chi connectivity index (χ1n) is 6.68. The van der Waals surface area contributed by atoms with Gasteiger partial charge in [0.15, 0.2) is 0 Å². The van der Waals surface area contributed by atoms with Gasteiger partial charge in [-0.3, -0.25) is 4.90 Å². The van der Waals surface area contributed by atoms with Gasteiger partial charge in [0.25, 0.3) is 0 Å². The summed E-state index contributed by atoms with van der Waals surface area (Å²) in [5.74, 6) is 1.11. The van der Waals surface area contributed by atoms with Crippen molar-refractivity contribution in [3.63, 3.8) is 0 Å². The van der Waals surface area contributed by atoms with Gasteiger partial charge in [-0.1, -0.05) is 11.6 Å². The molecule has 4 nitrogen and oxygen atoms in total. The van der Waals surface area contributed by atoms with E-state index in [4.69, 9.17) is 16.6 Å². The van der Waals surface area contributed by atoms with Crippen LogP contribution in [-0.2, 0) is 13.6 Å². The van der Waals surface area contributed by atoms with Crippen molar-refractivity contribution in [2.24, 2.45) is 7.05 Å². The van der Waals surface area contributed by atoms with Crippen LogP contribution < -0.4 is 5.32 Å². The van der Waals surface area contributed by atoms with Crippen LogP contribution in [0.25, 0.3) is 11.0 Å². The van der Waals surface area contributed by atoms with Gasteiger partial charge in [-0.2, -0.15) is 0 Å². The lowest BCUT2D eigenvalue weighted by molar-refractivity contribution is 0.311. The Bertz CT molecular complexity index is 592. The van der Waals surface area contributed by atoms with Crippen LogP contribution in [0.2, 0.25) is 5.02 Å². The first-order valence-corrected chi connectivity index (χ1v) is 7.05. The SMILES string of the molecule is CN[C@H]1CCN(Cc2nc3cc(Cl)ccc3n2C)C1. The molecule has 1 aromatic heterocycles. The van der Waals surface area contributed by atoms with Gasteiger partial charge in [-0.05, 0) is 31.7 Å². The van der Waals surface area contributed by atoms with Gasteiger partial charge in [0, 0.05) is 31.2 Å². The summed E-state index contributed by atoms with van der Waals surface area (Å²) in [5, 5.41) is 4.09. The Labute approximate surface area is 118 Å². The van der Waals surface area contributed by atoms with Crippen molar-refractivity contribution in [1.82, 2.24) is 19.8 Å². The Hall–Kier alpha value is -1.10. The summed E-state index contributed by atoms with van der Waals surface area (Å²) in [6, 6.07) is 6.50. The monoisotopic (exact) mass is 278 g/mol. The molecule has 2 aromatic rings. The number of rotatable bonds is 3. The summed E-state index contributed by atoms with van der Waals surface area (Å²) in [5.41, 5.74) is 2.12. The third-order valence-electron chi connectivity index (χ3n) is 3.98. The maximum Gasteiger partial charge on any atom is 0.123 e. The van der Waals surface area contributed by atoms with Crippen molar-refractivity contribution in [2.75, 3.05) is 20.1 Å². The molecule has 2 heterocycles. The minimum Gasteiger partial charge on any atom is -0.330 e. The van der Waals surface area contributed by atoms with Crippen molar-refractivity contribution < 1.29 is 0 Å². The quantitative estimate of drug-likeness (QED) is 0.933. The third-order valence-corrected chi connectivity index (χ3v) is 4.22. The van der Waals surface area contributed by atoms with Gasteiger partial charge in [-0.25, -0.2) is 4.98 Å². The summed E-state index contributed by atoms with van der Waals surface area (Å²) in [6.07, 6.45) is 1.21. The molecule has 1 atom stereocenters. The van der Waals surface area contributed by atoms with Gasteiger partial charge < -0.3 is 9.88 Å². The van der Waals surface area contributed by atoms with Crippen molar-refractivity contribution in [3.8, 4) is 0 Å². The number of likely N-dealkylation sites (N-methyl/N-ethyl adjacent to an activating group) is 1. The lowest BCUT2D eigenvalue weighted by atomic mass is 10.3. The molecule has 3 rings (SSSR count). The normalized spacial score (nSPS) is 20.5. The maximum absolute atomic E-state index is 6.02. The zero-order valence-corrected chi connectivity index (χ0v) is 12.1. The maximum atomic E-state index is 6.02. The number of halogens is 1. The highest BCUT2D eigenvalue weighted by atomic mass is 35.5. The smallest absolute Gasteiger partial charge is 0.123 e. The lowest BCUT2D eigenvalue weighted by Crippen LogP contribution is -2.29. The second kappa shape index (κ2) is 5.12. The van der Waals surface area contributed by atoms with Crippen LogP contribution in [0.5, 0.6) is 0 Å². The molecule has 1 aliphatic heterocycles. The number of fused-ring (bicyclic) bond motifs is 1. The molecular weight excluding hydrogens is 260 g/mol. The van der Waals surface area contributed by atoms with Crippen molar-refractivity contribution in [1.29, 1.82) is 0 Å². The Morgan fingerprint density at radius 2 is 2.32 bits per heavy atom. The lowest BCUT2D eigenvalue weighted by Gasteiger charge is -2.15. The number of benzene rings is 1. The van der Waals surface area contributed by atoms with Crippen LogP contribution in [0.4, 0.5) is 0 Å². The number of nitrogens with one attached hydrogen (secondary N) is 1. The molecule has 0 amide bonds. The predicted molar refractivity (Wildman–Crippen MR) is 78.5 cm³/mol. The molecule has 1 fully saturated rings. The topological polar surface area (TPSA) is 33.1 Å². The van der Waals surface area contributed by atoms with E-state index in [0.717, 1.165) is 41.5 Å². The zero-order valence-electron chi connectivity index (χ0n) is 11.4. The van der Waals surface area contributed by atoms with Crippen LogP contribution in [0.15, 0.2) is 18.2 Å². The zero-order chi connectivity index (χ0) is 13.4. The Kier molecular flexibility index (Phi) is 3.48. The van der Waals surface area contributed by atoms with Crippen molar-refractivity contribution in [3.05, 3.63) is 29.0 Å². The summed E-state index contributed by atoms with van der Waals surface area (Å²) >= 11 is 6.02. The number of aryl methyl sites for hydroxylation is 1. The summed E-state index contributed by atoms with van der Waals surface area (Å²) in [4.78, 5) is 7.15. The van der Waals surface area contributed by atoms with E-state index in [-0.39, 0.29) is 0 Å². The number of hydrogen-bond donors (Lipinski definition) is 1. The van der Waals surface area contributed by atoms with E-state index in [1.807, 2.05) is 25.2 Å². The number of nitrogens with zero attached hydrogens (tertiary/aromatic N) is 3. The van der Waals surface area contributed by atoms with E-state index >= 15 is 0 Å². The van der Waals surface area contributed by atoms with Gasteiger partial charge in [0.05, 0.1) is 17.6 Å². The summed E-state index contributed by atoms with van der Waals surface area (Å²) in [6.45, 7) is 3.14. The molecule has 0 saturated carbocycles. The van der Waals surface area contributed by atoms with E-state index in [1.54, 1.807) is 0 Å². The molecule has 1 aliphatic rings. The minimum atomic E-state index is 0.615. The standard InChI is InChI=1S/C14H19ClN4/c1-16-11-5-6-19(8-11)9-14-17-12-7-10(15)3-4-13(12)18(14)2/h3-4,7,11,16H,5-6,8-9H2,1-2H3/t11-/m0/s1. The first-order chi connectivity index (χ1) is 9.17. The van der Waals surface area contributed by atoms with Crippen LogP contribution in [0, 0.1) is 0 Å². The summed E-state index contributed by atoms with van der Waals surface area (Å²) < 4.78 is 2.17. The van der Waals surface area contributed by atoms with Gasteiger partial charge in [0.1, 0.15) is 5.82 Å². The number of imidazole rings is 1. The van der Waals surface area contributed by atoms with Crippen LogP contribution in [0.3, 0.4) is 0 Å². The fourth-order valence-electron chi connectivity index (χ4n) is 2.78. The van der Waals surface area contributed by atoms with Crippen molar-refractivity contribution >= 4 is 22.6 Å². The summed E-state index contributed by atoms with van der Waals surface area (Å²) in [7, 11) is 4.11. The average molecular weight is 279 g/mol. The van der Waals surface area contributed by atoms with Crippen LogP contribution in [-0.4, -0.2) is 40.6 Å². The van der Waals surface area contributed by atoms with E-state index in [1.165, 1.54) is 6.42 Å². The molecule has 0 radical (unpaired) electrons. The van der Waals surface area contributed by atoms with Crippen LogP contribution in [0.1, 0.15) is 12.2 Å². The Morgan fingerprint density at radius 1 is 1.47 bits per heavy atom. The molecule has 0 unspecified atom stereocenters. The van der Waals surface area contributed by atoms with E-state index in [0.29, 0.717) is 6.04 Å². The molecule has 1 N–H and O–H groups in total. The fourth-order valence-corrected chi connectivity index (χ4v) is 2.94. The number of hydrogen-bond acceptors (Lipinski definition) is 3. The van der Waals surface area contributed by atoms with Crippen LogP contribution >= 0.6 is 11.6 Å². The molecular formula is C14H19ClN4. The van der Waals surface area contributed by atoms with E-state index < -0.39 is 0 Å². The molecule has 0 spiro atoms. The molecule has 0 aliphatic carbocycles. The predicted octanol–water partition coefficient (Wildman–Crippen LogP) is 2.02.